The Morgan fingerprint density at radius 1 is 1.14 bits per heavy atom. The zero-order valence-corrected chi connectivity index (χ0v) is 14.2. The lowest BCUT2D eigenvalue weighted by molar-refractivity contribution is -0.131. The van der Waals surface area contributed by atoms with E-state index in [1.807, 2.05) is 0 Å². The monoisotopic (exact) mass is 287 g/mol. The molecular formula is C19H29NO. The fourth-order valence-electron chi connectivity index (χ4n) is 3.74. The van der Waals surface area contributed by atoms with E-state index in [9.17, 15) is 4.79 Å². The van der Waals surface area contributed by atoms with Crippen LogP contribution in [-0.2, 0) is 11.2 Å². The molecule has 0 aliphatic heterocycles. The first-order valence-electron chi connectivity index (χ1n) is 8.11. The van der Waals surface area contributed by atoms with Gasteiger partial charge < -0.3 is 0 Å². The second kappa shape index (κ2) is 6.31. The molecule has 0 aromatic heterocycles. The predicted octanol–water partition coefficient (Wildman–Crippen LogP) is 3.93. The standard InChI is InChI=1S/C19H29NO/c1-14-6-8-19(9-7-14,20(4)5)18(21)13-17-11-15(2)10-16(3)12-17/h10-12,14H,6-9,13H2,1-5H3. The van der Waals surface area contributed by atoms with Gasteiger partial charge in [0.2, 0.25) is 0 Å². The summed E-state index contributed by atoms with van der Waals surface area (Å²) >= 11 is 0. The second-order valence-corrected chi connectivity index (χ2v) is 7.20. The summed E-state index contributed by atoms with van der Waals surface area (Å²) < 4.78 is 0. The van der Waals surface area contributed by atoms with E-state index in [0.29, 0.717) is 12.2 Å². The Morgan fingerprint density at radius 3 is 2.14 bits per heavy atom. The number of carbonyl (C=O) groups is 1. The number of benzene rings is 1. The summed E-state index contributed by atoms with van der Waals surface area (Å²) in [7, 11) is 4.13. The average molecular weight is 287 g/mol. The third-order valence-electron chi connectivity index (χ3n) is 5.12. The minimum Gasteiger partial charge on any atom is -0.297 e. The molecule has 1 fully saturated rings. The van der Waals surface area contributed by atoms with E-state index in [2.05, 4.69) is 58.0 Å². The van der Waals surface area contributed by atoms with E-state index in [1.165, 1.54) is 11.1 Å². The molecule has 2 nitrogen and oxygen atoms in total. The summed E-state index contributed by atoms with van der Waals surface area (Å²) in [6.45, 7) is 6.50. The number of ketones is 1. The van der Waals surface area contributed by atoms with Crippen LogP contribution in [0, 0.1) is 19.8 Å². The first-order valence-corrected chi connectivity index (χ1v) is 8.11. The van der Waals surface area contributed by atoms with Crippen LogP contribution < -0.4 is 0 Å². The van der Waals surface area contributed by atoms with Gasteiger partial charge >= 0.3 is 0 Å². The predicted molar refractivity (Wildman–Crippen MR) is 88.7 cm³/mol. The summed E-state index contributed by atoms with van der Waals surface area (Å²) in [6.07, 6.45) is 4.90. The smallest absolute Gasteiger partial charge is 0.157 e. The zero-order chi connectivity index (χ0) is 15.6. The molecule has 1 aromatic carbocycles. The van der Waals surface area contributed by atoms with Crippen LogP contribution in [0.15, 0.2) is 18.2 Å². The Balaban J connectivity index is 2.19. The number of aryl methyl sites for hydroxylation is 2. The molecular weight excluding hydrogens is 258 g/mol. The topological polar surface area (TPSA) is 20.3 Å². The van der Waals surface area contributed by atoms with Gasteiger partial charge in [-0.2, -0.15) is 0 Å². The number of carbonyl (C=O) groups excluding carboxylic acids is 1. The van der Waals surface area contributed by atoms with Crippen molar-refractivity contribution >= 4 is 5.78 Å². The maximum absolute atomic E-state index is 13.0. The van der Waals surface area contributed by atoms with Crippen molar-refractivity contribution in [2.24, 2.45) is 5.92 Å². The van der Waals surface area contributed by atoms with Crippen molar-refractivity contribution in [1.29, 1.82) is 0 Å². The SMILES string of the molecule is Cc1cc(C)cc(CC(=O)C2(N(C)C)CCC(C)CC2)c1. The van der Waals surface area contributed by atoms with Gasteiger partial charge in [0.15, 0.2) is 5.78 Å². The van der Waals surface area contributed by atoms with Gasteiger partial charge in [0, 0.05) is 6.42 Å². The van der Waals surface area contributed by atoms with Gasteiger partial charge in [-0.15, -0.1) is 0 Å². The van der Waals surface area contributed by atoms with Crippen LogP contribution in [0.3, 0.4) is 0 Å². The van der Waals surface area contributed by atoms with E-state index in [1.54, 1.807) is 0 Å². The maximum atomic E-state index is 13.0. The highest BCUT2D eigenvalue weighted by atomic mass is 16.1. The summed E-state index contributed by atoms with van der Waals surface area (Å²) in [4.78, 5) is 15.2. The summed E-state index contributed by atoms with van der Waals surface area (Å²) in [6, 6.07) is 6.47. The van der Waals surface area contributed by atoms with Crippen molar-refractivity contribution in [2.75, 3.05) is 14.1 Å². The molecule has 0 unspecified atom stereocenters. The molecule has 0 N–H and O–H groups in total. The van der Waals surface area contributed by atoms with Gasteiger partial charge in [0.25, 0.3) is 0 Å². The first-order chi connectivity index (χ1) is 9.83. The molecule has 0 bridgehead atoms. The van der Waals surface area contributed by atoms with E-state index in [4.69, 9.17) is 0 Å². The lowest BCUT2D eigenvalue weighted by atomic mass is 9.72. The third kappa shape index (κ3) is 3.55. The van der Waals surface area contributed by atoms with E-state index in [-0.39, 0.29) is 5.54 Å². The normalized spacial score (nSPS) is 26.1. The molecule has 1 aliphatic rings. The van der Waals surface area contributed by atoms with E-state index < -0.39 is 0 Å². The molecule has 1 aromatic rings. The molecule has 2 heteroatoms. The van der Waals surface area contributed by atoms with E-state index >= 15 is 0 Å². The summed E-state index contributed by atoms with van der Waals surface area (Å²) in [5, 5.41) is 0. The van der Waals surface area contributed by atoms with Crippen LogP contribution in [0.25, 0.3) is 0 Å². The molecule has 0 atom stereocenters. The average Bonchev–Trinajstić information content (AvgIpc) is 2.38. The summed E-state index contributed by atoms with van der Waals surface area (Å²) in [5.41, 5.74) is 3.41. The highest BCUT2D eigenvalue weighted by Gasteiger charge is 2.42. The third-order valence-corrected chi connectivity index (χ3v) is 5.12. The molecule has 1 aliphatic carbocycles. The van der Waals surface area contributed by atoms with Gasteiger partial charge in [0.05, 0.1) is 5.54 Å². The second-order valence-electron chi connectivity index (χ2n) is 7.20. The van der Waals surface area contributed by atoms with Gasteiger partial charge in [-0.3, -0.25) is 9.69 Å². The minimum atomic E-state index is -0.246. The fourth-order valence-corrected chi connectivity index (χ4v) is 3.74. The van der Waals surface area contributed by atoms with Crippen molar-refractivity contribution in [1.82, 2.24) is 4.90 Å². The largest absolute Gasteiger partial charge is 0.297 e. The number of rotatable bonds is 4. The van der Waals surface area contributed by atoms with Crippen LogP contribution in [0.4, 0.5) is 0 Å². The fraction of sp³-hybridized carbons (Fsp3) is 0.632. The lowest BCUT2D eigenvalue weighted by Gasteiger charge is -2.43. The van der Waals surface area contributed by atoms with Gasteiger partial charge in [-0.1, -0.05) is 36.2 Å². The molecule has 0 radical (unpaired) electrons. The van der Waals surface area contributed by atoms with Gasteiger partial charge in [-0.05, 0) is 65.1 Å². The Labute approximate surface area is 129 Å². The Kier molecular flexibility index (Phi) is 4.88. The van der Waals surface area contributed by atoms with E-state index in [0.717, 1.165) is 37.2 Å². The van der Waals surface area contributed by atoms with Crippen LogP contribution in [0.1, 0.15) is 49.3 Å². The molecule has 2 rings (SSSR count). The molecule has 0 amide bonds. The molecule has 1 saturated carbocycles. The summed E-state index contributed by atoms with van der Waals surface area (Å²) in [5.74, 6) is 1.15. The Hall–Kier alpha value is -1.15. The molecule has 0 heterocycles. The molecule has 0 spiro atoms. The van der Waals surface area contributed by atoms with Crippen molar-refractivity contribution in [3.05, 3.63) is 34.9 Å². The zero-order valence-electron chi connectivity index (χ0n) is 14.2. The number of likely N-dealkylation sites (N-methyl/N-ethyl adjacent to an activating group) is 1. The highest BCUT2D eigenvalue weighted by Crippen LogP contribution is 2.36. The van der Waals surface area contributed by atoms with Gasteiger partial charge in [0.1, 0.15) is 0 Å². The maximum Gasteiger partial charge on any atom is 0.157 e. The number of hydrogen-bond acceptors (Lipinski definition) is 2. The van der Waals surface area contributed by atoms with Crippen molar-refractivity contribution in [3.8, 4) is 0 Å². The Bertz CT molecular complexity index is 490. The lowest BCUT2D eigenvalue weighted by Crippen LogP contribution is -2.53. The molecule has 0 saturated heterocycles. The highest BCUT2D eigenvalue weighted by molar-refractivity contribution is 5.90. The van der Waals surface area contributed by atoms with Crippen LogP contribution >= 0.6 is 0 Å². The minimum absolute atomic E-state index is 0.246. The van der Waals surface area contributed by atoms with Crippen LogP contribution in [0.2, 0.25) is 0 Å². The first kappa shape index (κ1) is 16.2. The Morgan fingerprint density at radius 2 is 1.67 bits per heavy atom. The molecule has 21 heavy (non-hydrogen) atoms. The van der Waals surface area contributed by atoms with Crippen molar-refractivity contribution < 1.29 is 4.79 Å². The van der Waals surface area contributed by atoms with Crippen molar-refractivity contribution in [3.63, 3.8) is 0 Å². The number of nitrogens with zero attached hydrogens (tertiary/aromatic N) is 1. The van der Waals surface area contributed by atoms with Crippen LogP contribution in [-0.4, -0.2) is 30.3 Å². The van der Waals surface area contributed by atoms with Crippen LogP contribution in [0.5, 0.6) is 0 Å². The number of hydrogen-bond donors (Lipinski definition) is 0. The molecule has 116 valence electrons. The quantitative estimate of drug-likeness (QED) is 0.836. The van der Waals surface area contributed by atoms with Gasteiger partial charge in [-0.25, -0.2) is 0 Å². The van der Waals surface area contributed by atoms with Crippen molar-refractivity contribution in [2.45, 2.75) is 58.4 Å². The number of Topliss-reactive ketones (excluding diaryl/α,β-unsaturated/α-hetero) is 1.